The third kappa shape index (κ3) is 3.59. The van der Waals surface area contributed by atoms with Gasteiger partial charge in [0.05, 0.1) is 6.04 Å². The number of amidine groups is 1. The van der Waals surface area contributed by atoms with Crippen molar-refractivity contribution in [3.63, 3.8) is 0 Å². The minimum absolute atomic E-state index is 0.587. The van der Waals surface area contributed by atoms with Gasteiger partial charge in [-0.25, -0.2) is 0 Å². The number of rotatable bonds is 2. The van der Waals surface area contributed by atoms with Gasteiger partial charge in [-0.15, -0.1) is 0 Å². The molecule has 4 heteroatoms. The van der Waals surface area contributed by atoms with E-state index in [4.69, 9.17) is 4.99 Å². The highest BCUT2D eigenvalue weighted by atomic mass is 32.2. The summed E-state index contributed by atoms with van der Waals surface area (Å²) in [5, 5.41) is 5.59. The normalized spacial score (nSPS) is 38.4. The van der Waals surface area contributed by atoms with Crippen LogP contribution in [0, 0.1) is 0 Å². The summed E-state index contributed by atoms with van der Waals surface area (Å²) >= 11 is 3.93. The van der Waals surface area contributed by atoms with Gasteiger partial charge in [-0.1, -0.05) is 11.8 Å². The first-order valence-electron chi connectivity index (χ1n) is 6.28. The van der Waals surface area contributed by atoms with E-state index in [1.165, 1.54) is 43.0 Å². The Balaban J connectivity index is 1.82. The van der Waals surface area contributed by atoms with Crippen LogP contribution in [-0.2, 0) is 0 Å². The predicted molar refractivity (Wildman–Crippen MR) is 76.7 cm³/mol. The van der Waals surface area contributed by atoms with Gasteiger partial charge in [-0.05, 0) is 45.3 Å². The Morgan fingerprint density at radius 2 is 2.00 bits per heavy atom. The van der Waals surface area contributed by atoms with Crippen molar-refractivity contribution >= 4 is 28.7 Å². The summed E-state index contributed by atoms with van der Waals surface area (Å²) in [5.74, 6) is 1.23. The van der Waals surface area contributed by atoms with Crippen LogP contribution in [0.1, 0.15) is 39.0 Å². The Morgan fingerprint density at radius 1 is 1.25 bits per heavy atom. The maximum Gasteiger partial charge on any atom is 0.157 e. The lowest BCUT2D eigenvalue weighted by molar-refractivity contribution is 0.452. The number of hydrogen-bond donors (Lipinski definition) is 1. The van der Waals surface area contributed by atoms with Crippen molar-refractivity contribution in [2.75, 3.05) is 12.0 Å². The van der Waals surface area contributed by atoms with Crippen LogP contribution in [0.15, 0.2) is 4.99 Å². The standard InChI is InChI=1S/C12H22N2S2/c1-9-7-8-16-12(13-9)14-10-3-5-11(15-2)6-4-10/h9-11H,3-8H2,1-2H3,(H,13,14). The summed E-state index contributed by atoms with van der Waals surface area (Å²) in [6.07, 6.45) is 8.77. The molecule has 0 radical (unpaired) electrons. The van der Waals surface area contributed by atoms with Gasteiger partial charge in [0.25, 0.3) is 0 Å². The summed E-state index contributed by atoms with van der Waals surface area (Å²) in [7, 11) is 0. The zero-order valence-electron chi connectivity index (χ0n) is 10.2. The van der Waals surface area contributed by atoms with Crippen LogP contribution in [-0.4, -0.2) is 34.5 Å². The lowest BCUT2D eigenvalue weighted by Crippen LogP contribution is -2.36. The molecule has 2 fully saturated rings. The van der Waals surface area contributed by atoms with Crippen molar-refractivity contribution in [3.8, 4) is 0 Å². The number of thioether (sulfide) groups is 2. The van der Waals surface area contributed by atoms with Crippen molar-refractivity contribution in [2.45, 2.75) is 56.4 Å². The highest BCUT2D eigenvalue weighted by Gasteiger charge is 2.21. The average molecular weight is 258 g/mol. The smallest absolute Gasteiger partial charge is 0.157 e. The molecule has 92 valence electrons. The molecule has 1 atom stereocenters. The van der Waals surface area contributed by atoms with Crippen LogP contribution in [0.5, 0.6) is 0 Å². The molecule has 1 saturated heterocycles. The Hall–Kier alpha value is 0.170. The molecule has 1 N–H and O–H groups in total. The van der Waals surface area contributed by atoms with Crippen LogP contribution >= 0.6 is 23.5 Å². The first-order valence-corrected chi connectivity index (χ1v) is 8.55. The zero-order chi connectivity index (χ0) is 11.4. The molecular formula is C12H22N2S2. The van der Waals surface area contributed by atoms with Crippen LogP contribution in [0.2, 0.25) is 0 Å². The number of aliphatic imine (C=N–C) groups is 1. The van der Waals surface area contributed by atoms with Crippen molar-refractivity contribution in [1.29, 1.82) is 0 Å². The molecule has 1 aliphatic carbocycles. The van der Waals surface area contributed by atoms with Gasteiger partial charge in [0.15, 0.2) is 5.17 Å². The molecule has 0 aromatic rings. The van der Waals surface area contributed by atoms with Gasteiger partial charge in [0, 0.05) is 17.0 Å². The predicted octanol–water partition coefficient (Wildman–Crippen LogP) is 3.13. The molecule has 16 heavy (non-hydrogen) atoms. The molecule has 2 aliphatic rings. The summed E-state index contributed by atoms with van der Waals surface area (Å²) < 4.78 is 0. The second-order valence-electron chi connectivity index (χ2n) is 4.78. The molecular weight excluding hydrogens is 236 g/mol. The second-order valence-corrected chi connectivity index (χ2v) is 7.00. The number of nitrogens with one attached hydrogen (secondary N) is 1. The molecule has 1 heterocycles. The van der Waals surface area contributed by atoms with Gasteiger partial charge in [-0.2, -0.15) is 11.8 Å². The molecule has 0 aromatic heterocycles. The van der Waals surface area contributed by atoms with Gasteiger partial charge in [-0.3, -0.25) is 4.99 Å². The molecule has 1 saturated carbocycles. The van der Waals surface area contributed by atoms with Gasteiger partial charge in [0.2, 0.25) is 0 Å². The Labute approximate surface area is 107 Å². The third-order valence-electron chi connectivity index (χ3n) is 3.44. The van der Waals surface area contributed by atoms with Crippen LogP contribution in [0.4, 0.5) is 0 Å². The summed E-state index contributed by atoms with van der Waals surface area (Å²) in [6, 6.07) is 1.20. The largest absolute Gasteiger partial charge is 0.362 e. The van der Waals surface area contributed by atoms with E-state index in [2.05, 4.69) is 18.5 Å². The van der Waals surface area contributed by atoms with Crippen LogP contribution in [0.25, 0.3) is 0 Å². The SMILES string of the molecule is CSC1CCC(N=C2NC(C)CCS2)CC1. The Kier molecular flexibility index (Phi) is 4.89. The first-order chi connectivity index (χ1) is 7.78. The van der Waals surface area contributed by atoms with E-state index in [9.17, 15) is 0 Å². The molecule has 0 amide bonds. The van der Waals surface area contributed by atoms with E-state index in [1.54, 1.807) is 0 Å². The quantitative estimate of drug-likeness (QED) is 0.823. The topological polar surface area (TPSA) is 24.4 Å². The summed E-state index contributed by atoms with van der Waals surface area (Å²) in [4.78, 5) is 4.87. The van der Waals surface area contributed by atoms with E-state index < -0.39 is 0 Å². The molecule has 0 bridgehead atoms. The minimum atomic E-state index is 0.587. The fourth-order valence-electron chi connectivity index (χ4n) is 2.31. The lowest BCUT2D eigenvalue weighted by atomic mass is 9.95. The van der Waals surface area contributed by atoms with E-state index in [0.29, 0.717) is 12.1 Å². The zero-order valence-corrected chi connectivity index (χ0v) is 11.9. The van der Waals surface area contributed by atoms with Crippen molar-refractivity contribution in [2.24, 2.45) is 4.99 Å². The second kappa shape index (κ2) is 6.20. The molecule has 1 unspecified atom stereocenters. The monoisotopic (exact) mass is 258 g/mol. The van der Waals surface area contributed by atoms with E-state index in [1.807, 2.05) is 23.5 Å². The van der Waals surface area contributed by atoms with E-state index >= 15 is 0 Å². The molecule has 2 rings (SSSR count). The van der Waals surface area contributed by atoms with Gasteiger partial charge in [0.1, 0.15) is 0 Å². The maximum absolute atomic E-state index is 4.87. The van der Waals surface area contributed by atoms with Gasteiger partial charge < -0.3 is 5.32 Å². The fraction of sp³-hybridized carbons (Fsp3) is 0.917. The molecule has 0 spiro atoms. The molecule has 2 nitrogen and oxygen atoms in total. The first kappa shape index (κ1) is 12.6. The van der Waals surface area contributed by atoms with Crippen molar-refractivity contribution in [1.82, 2.24) is 5.32 Å². The number of hydrogen-bond acceptors (Lipinski definition) is 3. The molecule has 1 aliphatic heterocycles. The fourth-order valence-corrected chi connectivity index (χ4v) is 4.22. The Bertz CT molecular complexity index is 247. The summed E-state index contributed by atoms with van der Waals surface area (Å²) in [6.45, 7) is 2.25. The third-order valence-corrected chi connectivity index (χ3v) is 5.51. The molecule has 0 aromatic carbocycles. The van der Waals surface area contributed by atoms with Crippen LogP contribution < -0.4 is 5.32 Å². The average Bonchev–Trinajstić information content (AvgIpc) is 2.30. The van der Waals surface area contributed by atoms with E-state index in [-0.39, 0.29) is 0 Å². The van der Waals surface area contributed by atoms with Crippen molar-refractivity contribution < 1.29 is 0 Å². The van der Waals surface area contributed by atoms with E-state index in [0.717, 1.165) is 5.25 Å². The Morgan fingerprint density at radius 3 is 2.62 bits per heavy atom. The highest BCUT2D eigenvalue weighted by molar-refractivity contribution is 8.13. The number of nitrogens with zero attached hydrogens (tertiary/aromatic N) is 1. The summed E-state index contributed by atoms with van der Waals surface area (Å²) in [5.41, 5.74) is 0. The van der Waals surface area contributed by atoms with Gasteiger partial charge >= 0.3 is 0 Å². The maximum atomic E-state index is 4.87. The highest BCUT2D eigenvalue weighted by Crippen LogP contribution is 2.29. The van der Waals surface area contributed by atoms with Crippen LogP contribution in [0.3, 0.4) is 0 Å². The minimum Gasteiger partial charge on any atom is -0.362 e. The lowest BCUT2D eigenvalue weighted by Gasteiger charge is -2.27. The van der Waals surface area contributed by atoms with Crippen molar-refractivity contribution in [3.05, 3.63) is 0 Å².